The van der Waals surface area contributed by atoms with Gasteiger partial charge < -0.3 is 23.6 Å². The average molecular weight is 370 g/mol. The maximum Gasteiger partial charge on any atom is 0.405 e. The molecule has 2 heterocycles. The Bertz CT molecular complexity index is 724. The van der Waals surface area contributed by atoms with Crippen LogP contribution >= 0.6 is 0 Å². The first-order valence-electron chi connectivity index (χ1n) is 7.92. The summed E-state index contributed by atoms with van der Waals surface area (Å²) < 4.78 is 19.4. The SMILES string of the molecule is CCOC(=O)C1=[N+]([O-])OC(C(=O)OCC)C1c1conc1C(=O)OCC. The van der Waals surface area contributed by atoms with Crippen molar-refractivity contribution in [3.8, 4) is 0 Å². The molecule has 0 saturated heterocycles. The third kappa shape index (κ3) is 3.60. The Balaban J connectivity index is 2.50. The van der Waals surface area contributed by atoms with Crippen molar-refractivity contribution in [2.45, 2.75) is 32.8 Å². The van der Waals surface area contributed by atoms with Gasteiger partial charge in [0.25, 0.3) is 0 Å². The van der Waals surface area contributed by atoms with Gasteiger partial charge in [0.2, 0.25) is 0 Å². The van der Waals surface area contributed by atoms with E-state index in [1.165, 1.54) is 0 Å². The number of aromatic nitrogens is 1. The first-order chi connectivity index (χ1) is 12.5. The maximum absolute atomic E-state index is 12.2. The van der Waals surface area contributed by atoms with Crippen LogP contribution in [-0.4, -0.2) is 59.6 Å². The predicted octanol–water partition coefficient (Wildman–Crippen LogP) is 0.326. The molecule has 1 aromatic heterocycles. The molecule has 0 saturated carbocycles. The van der Waals surface area contributed by atoms with Crippen molar-refractivity contribution in [3.05, 3.63) is 22.7 Å². The molecule has 0 bridgehead atoms. The molecule has 2 atom stereocenters. The quantitative estimate of drug-likeness (QED) is 0.374. The molecule has 2 unspecified atom stereocenters. The number of nitrogens with zero attached hydrogens (tertiary/aromatic N) is 2. The molecule has 2 rings (SSSR count). The molecule has 0 aliphatic carbocycles. The summed E-state index contributed by atoms with van der Waals surface area (Å²) in [6.07, 6.45) is -0.482. The second-order valence-corrected chi connectivity index (χ2v) is 4.96. The zero-order valence-corrected chi connectivity index (χ0v) is 14.4. The van der Waals surface area contributed by atoms with Gasteiger partial charge in [-0.15, -0.1) is 0 Å². The first kappa shape index (κ1) is 19.2. The van der Waals surface area contributed by atoms with Gasteiger partial charge in [-0.1, -0.05) is 5.16 Å². The third-order valence-electron chi connectivity index (χ3n) is 3.41. The van der Waals surface area contributed by atoms with Crippen molar-refractivity contribution < 1.29 is 42.9 Å². The molecule has 0 radical (unpaired) electrons. The summed E-state index contributed by atoms with van der Waals surface area (Å²) in [6, 6.07) is 0. The van der Waals surface area contributed by atoms with E-state index in [2.05, 4.69) is 5.16 Å². The Morgan fingerprint density at radius 2 is 1.73 bits per heavy atom. The van der Waals surface area contributed by atoms with Crippen molar-refractivity contribution in [2.75, 3.05) is 19.8 Å². The van der Waals surface area contributed by atoms with Crippen LogP contribution in [0, 0.1) is 5.21 Å². The van der Waals surface area contributed by atoms with Gasteiger partial charge in [-0.2, -0.15) is 0 Å². The van der Waals surface area contributed by atoms with Crippen molar-refractivity contribution in [3.63, 3.8) is 0 Å². The van der Waals surface area contributed by atoms with Gasteiger partial charge in [0.1, 0.15) is 12.2 Å². The van der Waals surface area contributed by atoms with Crippen molar-refractivity contribution in [1.82, 2.24) is 5.16 Å². The van der Waals surface area contributed by atoms with Gasteiger partial charge in [-0.3, -0.25) is 10.0 Å². The minimum atomic E-state index is -1.51. The van der Waals surface area contributed by atoms with Gasteiger partial charge in [0.05, 0.1) is 24.7 Å². The van der Waals surface area contributed by atoms with Crippen LogP contribution in [0.3, 0.4) is 0 Å². The molecule has 0 N–H and O–H groups in total. The molecule has 1 aromatic rings. The number of esters is 3. The highest BCUT2D eigenvalue weighted by molar-refractivity contribution is 6.37. The normalized spacial score (nSPS) is 19.0. The molecule has 11 nitrogen and oxygen atoms in total. The van der Waals surface area contributed by atoms with E-state index in [1.54, 1.807) is 20.8 Å². The molecule has 142 valence electrons. The highest BCUT2D eigenvalue weighted by Gasteiger charge is 2.52. The van der Waals surface area contributed by atoms with Gasteiger partial charge in [0.15, 0.2) is 11.8 Å². The monoisotopic (exact) mass is 370 g/mol. The Kier molecular flexibility index (Phi) is 6.15. The van der Waals surface area contributed by atoms with E-state index in [9.17, 15) is 19.6 Å². The molecule has 26 heavy (non-hydrogen) atoms. The summed E-state index contributed by atoms with van der Waals surface area (Å²) in [5.41, 5.74) is -0.839. The summed E-state index contributed by atoms with van der Waals surface area (Å²) >= 11 is 0. The number of carbonyl (C=O) groups is 3. The Labute approximate surface area is 148 Å². The van der Waals surface area contributed by atoms with E-state index in [0.717, 1.165) is 6.26 Å². The molecule has 0 spiro atoms. The van der Waals surface area contributed by atoms with Crippen LogP contribution in [0.1, 0.15) is 42.7 Å². The van der Waals surface area contributed by atoms with E-state index < -0.39 is 35.6 Å². The van der Waals surface area contributed by atoms with Crippen LogP contribution in [-0.2, 0) is 28.6 Å². The summed E-state index contributed by atoms with van der Waals surface area (Å²) in [5, 5.41) is 15.6. The number of hydrogen-bond acceptors (Lipinski definition) is 10. The van der Waals surface area contributed by atoms with Crippen LogP contribution in [0.25, 0.3) is 0 Å². The minimum absolute atomic E-state index is 0.0126. The van der Waals surface area contributed by atoms with Crippen LogP contribution in [0.4, 0.5) is 0 Å². The summed E-state index contributed by atoms with van der Waals surface area (Å²) in [7, 11) is 0. The smallest absolute Gasteiger partial charge is 0.405 e. The number of rotatable bonds is 7. The predicted molar refractivity (Wildman–Crippen MR) is 82.0 cm³/mol. The van der Waals surface area contributed by atoms with Crippen LogP contribution in [0.2, 0.25) is 0 Å². The van der Waals surface area contributed by atoms with E-state index in [1.807, 2.05) is 0 Å². The van der Waals surface area contributed by atoms with Crippen LogP contribution in [0.15, 0.2) is 10.8 Å². The summed E-state index contributed by atoms with van der Waals surface area (Å²) in [4.78, 5) is 41.2. The summed E-state index contributed by atoms with van der Waals surface area (Å²) in [6.45, 7) is 4.78. The van der Waals surface area contributed by atoms with E-state index in [-0.39, 0.29) is 36.0 Å². The lowest BCUT2D eigenvalue weighted by Crippen LogP contribution is -2.35. The lowest BCUT2D eigenvalue weighted by atomic mass is 9.89. The summed E-state index contributed by atoms with van der Waals surface area (Å²) in [5.74, 6) is -4.05. The van der Waals surface area contributed by atoms with Gasteiger partial charge in [0, 0.05) is 5.56 Å². The Morgan fingerprint density at radius 1 is 1.12 bits per heavy atom. The van der Waals surface area contributed by atoms with E-state index >= 15 is 0 Å². The zero-order chi connectivity index (χ0) is 19.3. The fourth-order valence-corrected chi connectivity index (χ4v) is 2.42. The average Bonchev–Trinajstić information content (AvgIpc) is 3.19. The second kappa shape index (κ2) is 8.32. The van der Waals surface area contributed by atoms with Gasteiger partial charge >= 0.3 is 23.6 Å². The highest BCUT2D eigenvalue weighted by atomic mass is 16.9. The van der Waals surface area contributed by atoms with Crippen molar-refractivity contribution in [2.24, 2.45) is 0 Å². The lowest BCUT2D eigenvalue weighted by molar-refractivity contribution is -0.736. The van der Waals surface area contributed by atoms with E-state index in [4.69, 9.17) is 23.6 Å². The van der Waals surface area contributed by atoms with E-state index in [0.29, 0.717) is 0 Å². The molecule has 1 aliphatic heterocycles. The zero-order valence-electron chi connectivity index (χ0n) is 14.4. The van der Waals surface area contributed by atoms with Crippen LogP contribution < -0.4 is 0 Å². The minimum Gasteiger partial charge on any atom is -0.465 e. The molecule has 1 aliphatic rings. The largest absolute Gasteiger partial charge is 0.465 e. The van der Waals surface area contributed by atoms with Crippen molar-refractivity contribution in [1.29, 1.82) is 0 Å². The maximum atomic E-state index is 12.2. The Hall–Kier alpha value is -3.11. The number of hydrogen-bond donors (Lipinski definition) is 0. The topological polar surface area (TPSA) is 140 Å². The fraction of sp³-hybridized carbons (Fsp3) is 0.533. The Morgan fingerprint density at radius 3 is 2.35 bits per heavy atom. The number of ether oxygens (including phenoxy) is 3. The molecular formula is C15H18N2O9. The molecule has 11 heteroatoms. The van der Waals surface area contributed by atoms with Crippen molar-refractivity contribution >= 4 is 23.6 Å². The van der Waals surface area contributed by atoms with Crippen LogP contribution in [0.5, 0.6) is 0 Å². The first-order valence-corrected chi connectivity index (χ1v) is 7.92. The highest BCUT2D eigenvalue weighted by Crippen LogP contribution is 2.32. The number of carbonyl (C=O) groups excluding carboxylic acids is 3. The fourth-order valence-electron chi connectivity index (χ4n) is 2.42. The van der Waals surface area contributed by atoms with Gasteiger partial charge in [-0.25, -0.2) is 9.59 Å². The second-order valence-electron chi connectivity index (χ2n) is 4.96. The third-order valence-corrected chi connectivity index (χ3v) is 3.41. The molecule has 0 aromatic carbocycles. The molecule has 0 fully saturated rings. The van der Waals surface area contributed by atoms with Gasteiger partial charge in [-0.05, 0) is 20.8 Å². The molecular weight excluding hydrogens is 352 g/mol. The lowest BCUT2D eigenvalue weighted by Gasteiger charge is -2.16. The standard InChI is InChI=1S/C15H18N2O9/c1-4-22-13(18)10-8(7-25-16-10)9-11(14(19)23-5-2)17(21)26-12(9)15(20)24-6-3/h7,9,12H,4-6H2,1-3H3. The molecule has 0 amide bonds.